The molecule has 0 aliphatic rings. The molecule has 0 atom stereocenters. The third kappa shape index (κ3) is 2.33. The first-order chi connectivity index (χ1) is 6.65. The fourth-order valence-electron chi connectivity index (χ4n) is 0.930. The molecular weight excluding hydrogens is 178 g/mol. The molecule has 0 amide bonds. The summed E-state index contributed by atoms with van der Waals surface area (Å²) in [5.41, 5.74) is 0. The first-order valence-electron chi connectivity index (χ1n) is 4.35. The summed E-state index contributed by atoms with van der Waals surface area (Å²) in [4.78, 5) is 10.0. The summed E-state index contributed by atoms with van der Waals surface area (Å²) in [5.74, 6) is 1.32. The van der Waals surface area contributed by atoms with Gasteiger partial charge in [0, 0.05) is 19.2 Å². The van der Waals surface area contributed by atoms with E-state index in [1.807, 2.05) is 18.1 Å². The highest BCUT2D eigenvalue weighted by molar-refractivity contribution is 5.49. The minimum Gasteiger partial charge on any atom is -0.357 e. The van der Waals surface area contributed by atoms with Gasteiger partial charge in [-0.3, -0.25) is 5.32 Å². The standard InChI is InChI=1S/C9H13N5/c1-7(2)14(3)9-4-8(11-5-10)12-6-13-9/h4,6-7H,1-3H3,(H,11,12,13). The number of nitrogens with zero attached hydrogens (tertiary/aromatic N) is 4. The highest BCUT2D eigenvalue weighted by atomic mass is 15.2. The summed E-state index contributed by atoms with van der Waals surface area (Å²) in [6, 6.07) is 2.10. The van der Waals surface area contributed by atoms with Gasteiger partial charge in [0.1, 0.15) is 18.0 Å². The summed E-state index contributed by atoms with van der Waals surface area (Å²) in [5, 5.41) is 10.9. The Balaban J connectivity index is 2.89. The van der Waals surface area contributed by atoms with Crippen molar-refractivity contribution < 1.29 is 0 Å². The first-order valence-corrected chi connectivity index (χ1v) is 4.35. The zero-order valence-corrected chi connectivity index (χ0v) is 8.52. The summed E-state index contributed by atoms with van der Waals surface area (Å²) in [7, 11) is 1.95. The van der Waals surface area contributed by atoms with Gasteiger partial charge in [0.05, 0.1) is 0 Å². The highest BCUT2D eigenvalue weighted by Crippen LogP contribution is 2.14. The number of nitrogens with one attached hydrogen (secondary N) is 1. The van der Waals surface area contributed by atoms with Crippen LogP contribution in [0.1, 0.15) is 13.8 Å². The lowest BCUT2D eigenvalue weighted by atomic mass is 10.3. The van der Waals surface area contributed by atoms with E-state index >= 15 is 0 Å². The number of hydrogen-bond acceptors (Lipinski definition) is 5. The van der Waals surface area contributed by atoms with E-state index in [0.29, 0.717) is 11.9 Å². The Morgan fingerprint density at radius 3 is 2.79 bits per heavy atom. The lowest BCUT2D eigenvalue weighted by molar-refractivity contribution is 0.742. The van der Waals surface area contributed by atoms with Crippen LogP contribution in [0.3, 0.4) is 0 Å². The predicted molar refractivity (Wildman–Crippen MR) is 54.8 cm³/mol. The molecule has 0 aromatic carbocycles. The maximum Gasteiger partial charge on any atom is 0.182 e. The number of aromatic nitrogens is 2. The van der Waals surface area contributed by atoms with Crippen molar-refractivity contribution >= 4 is 11.6 Å². The first kappa shape index (κ1) is 10.3. The van der Waals surface area contributed by atoms with E-state index in [1.165, 1.54) is 6.33 Å². The number of hydrogen-bond donors (Lipinski definition) is 1. The summed E-state index contributed by atoms with van der Waals surface area (Å²) in [6.07, 6.45) is 3.26. The van der Waals surface area contributed by atoms with Crippen LogP contribution in [0, 0.1) is 11.5 Å². The van der Waals surface area contributed by atoms with Gasteiger partial charge in [0.15, 0.2) is 6.19 Å². The number of rotatable bonds is 3. The molecule has 1 heterocycles. The normalized spacial score (nSPS) is 9.64. The van der Waals surface area contributed by atoms with Gasteiger partial charge in [-0.15, -0.1) is 0 Å². The molecule has 14 heavy (non-hydrogen) atoms. The van der Waals surface area contributed by atoms with E-state index < -0.39 is 0 Å². The average molecular weight is 191 g/mol. The molecule has 1 rings (SSSR count). The second kappa shape index (κ2) is 4.42. The van der Waals surface area contributed by atoms with Gasteiger partial charge >= 0.3 is 0 Å². The monoisotopic (exact) mass is 191 g/mol. The second-order valence-corrected chi connectivity index (χ2v) is 3.20. The van der Waals surface area contributed by atoms with Gasteiger partial charge in [-0.25, -0.2) is 9.97 Å². The van der Waals surface area contributed by atoms with E-state index in [9.17, 15) is 0 Å². The Morgan fingerprint density at radius 1 is 1.50 bits per heavy atom. The van der Waals surface area contributed by atoms with Gasteiger partial charge < -0.3 is 4.90 Å². The van der Waals surface area contributed by atoms with Crippen molar-refractivity contribution in [3.63, 3.8) is 0 Å². The summed E-state index contributed by atoms with van der Waals surface area (Å²) in [6.45, 7) is 4.14. The Morgan fingerprint density at radius 2 is 2.21 bits per heavy atom. The van der Waals surface area contributed by atoms with E-state index in [0.717, 1.165) is 5.82 Å². The maximum absolute atomic E-state index is 8.42. The molecule has 1 aromatic heterocycles. The second-order valence-electron chi connectivity index (χ2n) is 3.20. The molecule has 0 unspecified atom stereocenters. The zero-order valence-electron chi connectivity index (χ0n) is 8.52. The molecule has 5 nitrogen and oxygen atoms in total. The fourth-order valence-corrected chi connectivity index (χ4v) is 0.930. The van der Waals surface area contributed by atoms with Crippen LogP contribution in [-0.4, -0.2) is 23.1 Å². The van der Waals surface area contributed by atoms with Crippen LogP contribution in [0.4, 0.5) is 11.6 Å². The van der Waals surface area contributed by atoms with Crippen LogP contribution < -0.4 is 10.2 Å². The van der Waals surface area contributed by atoms with Gasteiger partial charge in [-0.2, -0.15) is 5.26 Å². The molecule has 5 heteroatoms. The van der Waals surface area contributed by atoms with Crippen molar-refractivity contribution in [2.75, 3.05) is 17.3 Å². The average Bonchev–Trinajstić information content (AvgIpc) is 2.17. The third-order valence-electron chi connectivity index (χ3n) is 1.97. The Bertz CT molecular complexity index is 341. The molecule has 0 saturated carbocycles. The molecular formula is C9H13N5. The summed E-state index contributed by atoms with van der Waals surface area (Å²) < 4.78 is 0. The molecule has 74 valence electrons. The smallest absolute Gasteiger partial charge is 0.182 e. The summed E-state index contributed by atoms with van der Waals surface area (Å²) >= 11 is 0. The van der Waals surface area contributed by atoms with E-state index in [-0.39, 0.29) is 0 Å². The van der Waals surface area contributed by atoms with Crippen LogP contribution >= 0.6 is 0 Å². The number of anilines is 2. The van der Waals surface area contributed by atoms with E-state index in [2.05, 4.69) is 29.1 Å². The van der Waals surface area contributed by atoms with Crippen LogP contribution in [-0.2, 0) is 0 Å². The topological polar surface area (TPSA) is 64.8 Å². The highest BCUT2D eigenvalue weighted by Gasteiger charge is 2.06. The van der Waals surface area contributed by atoms with Crippen molar-refractivity contribution in [1.82, 2.24) is 9.97 Å². The lowest BCUT2D eigenvalue weighted by Gasteiger charge is -2.22. The largest absolute Gasteiger partial charge is 0.357 e. The van der Waals surface area contributed by atoms with Crippen LogP contribution in [0.25, 0.3) is 0 Å². The van der Waals surface area contributed by atoms with Crippen molar-refractivity contribution in [2.24, 2.45) is 0 Å². The maximum atomic E-state index is 8.42. The molecule has 0 fully saturated rings. The van der Waals surface area contributed by atoms with Crippen LogP contribution in [0.15, 0.2) is 12.4 Å². The van der Waals surface area contributed by atoms with Gasteiger partial charge in [-0.1, -0.05) is 0 Å². The minimum atomic E-state index is 0.361. The van der Waals surface area contributed by atoms with Crippen molar-refractivity contribution in [1.29, 1.82) is 5.26 Å². The van der Waals surface area contributed by atoms with Crippen molar-refractivity contribution in [3.05, 3.63) is 12.4 Å². The molecule has 0 aliphatic heterocycles. The van der Waals surface area contributed by atoms with Crippen LogP contribution in [0.2, 0.25) is 0 Å². The lowest BCUT2D eigenvalue weighted by Crippen LogP contribution is -2.26. The zero-order chi connectivity index (χ0) is 10.6. The molecule has 0 radical (unpaired) electrons. The Hall–Kier alpha value is -1.83. The van der Waals surface area contributed by atoms with Gasteiger partial charge in [0.2, 0.25) is 0 Å². The molecule has 0 spiro atoms. The van der Waals surface area contributed by atoms with Crippen molar-refractivity contribution in [3.8, 4) is 6.19 Å². The molecule has 0 aliphatic carbocycles. The Labute approximate surface area is 83.4 Å². The van der Waals surface area contributed by atoms with E-state index in [4.69, 9.17) is 5.26 Å². The molecule has 0 bridgehead atoms. The Kier molecular flexibility index (Phi) is 3.24. The van der Waals surface area contributed by atoms with Crippen LogP contribution in [0.5, 0.6) is 0 Å². The molecule has 1 N–H and O–H groups in total. The SMILES string of the molecule is CC(C)N(C)c1cc(NC#N)ncn1. The van der Waals surface area contributed by atoms with Gasteiger partial charge in [0.25, 0.3) is 0 Å². The van der Waals surface area contributed by atoms with Crippen molar-refractivity contribution in [2.45, 2.75) is 19.9 Å². The van der Waals surface area contributed by atoms with Gasteiger partial charge in [-0.05, 0) is 13.8 Å². The quantitative estimate of drug-likeness (QED) is 0.574. The third-order valence-corrected chi connectivity index (χ3v) is 1.97. The van der Waals surface area contributed by atoms with E-state index in [1.54, 1.807) is 6.07 Å². The minimum absolute atomic E-state index is 0.361. The fraction of sp³-hybridized carbons (Fsp3) is 0.444. The molecule has 1 aromatic rings. The molecule has 0 saturated heterocycles. The predicted octanol–water partition coefficient (Wildman–Crippen LogP) is 1.21. The number of nitriles is 1.